The van der Waals surface area contributed by atoms with Gasteiger partial charge in [-0.2, -0.15) is 0 Å². The van der Waals surface area contributed by atoms with E-state index in [1.807, 2.05) is 20.8 Å². The quantitative estimate of drug-likeness (QED) is 0.855. The van der Waals surface area contributed by atoms with Crippen LogP contribution in [0.25, 0.3) is 0 Å². The number of anilines is 2. The molecule has 2 heterocycles. The summed E-state index contributed by atoms with van der Waals surface area (Å²) in [6, 6.07) is 2.27. The SMILES string of the molecule is CC(C)(C)c1ncc(NS(=O)(=O)c2cc3c(cc2F)NC(=O)CC3)cn1. The lowest BCUT2D eigenvalue weighted by Crippen LogP contribution is -2.21. The number of nitrogens with one attached hydrogen (secondary N) is 2. The summed E-state index contributed by atoms with van der Waals surface area (Å²) in [5.74, 6) is -0.594. The zero-order chi connectivity index (χ0) is 19.1. The Hall–Kier alpha value is -2.55. The summed E-state index contributed by atoms with van der Waals surface area (Å²) in [6.07, 6.45) is 3.28. The van der Waals surface area contributed by atoms with Crippen LogP contribution in [-0.2, 0) is 26.7 Å². The Morgan fingerprint density at radius 2 is 1.81 bits per heavy atom. The van der Waals surface area contributed by atoms with Gasteiger partial charge >= 0.3 is 0 Å². The van der Waals surface area contributed by atoms with Crippen LogP contribution in [0, 0.1) is 5.82 Å². The molecule has 26 heavy (non-hydrogen) atoms. The van der Waals surface area contributed by atoms with Gasteiger partial charge in [0, 0.05) is 17.5 Å². The number of aryl methyl sites for hydroxylation is 1. The van der Waals surface area contributed by atoms with E-state index in [0.717, 1.165) is 6.07 Å². The topological polar surface area (TPSA) is 101 Å². The maximum absolute atomic E-state index is 14.3. The third kappa shape index (κ3) is 3.67. The molecule has 7 nitrogen and oxygen atoms in total. The van der Waals surface area contributed by atoms with E-state index in [0.29, 0.717) is 23.5 Å². The first-order valence-electron chi connectivity index (χ1n) is 8.04. The number of hydrogen-bond acceptors (Lipinski definition) is 5. The third-order valence-electron chi connectivity index (χ3n) is 3.92. The zero-order valence-corrected chi connectivity index (χ0v) is 15.4. The number of carbonyl (C=O) groups excluding carboxylic acids is 1. The van der Waals surface area contributed by atoms with E-state index in [1.165, 1.54) is 18.5 Å². The van der Waals surface area contributed by atoms with Crippen molar-refractivity contribution in [2.24, 2.45) is 0 Å². The molecule has 0 aliphatic carbocycles. The van der Waals surface area contributed by atoms with Gasteiger partial charge in [0.2, 0.25) is 5.91 Å². The molecule has 138 valence electrons. The second-order valence-corrected chi connectivity index (χ2v) is 8.79. The first-order chi connectivity index (χ1) is 12.1. The number of rotatable bonds is 3. The molecule has 0 radical (unpaired) electrons. The summed E-state index contributed by atoms with van der Waals surface area (Å²) >= 11 is 0. The van der Waals surface area contributed by atoms with Crippen LogP contribution in [0.5, 0.6) is 0 Å². The van der Waals surface area contributed by atoms with Crippen molar-refractivity contribution in [2.75, 3.05) is 10.0 Å². The van der Waals surface area contributed by atoms with Crippen LogP contribution in [0.4, 0.5) is 15.8 Å². The summed E-state index contributed by atoms with van der Waals surface area (Å²) in [6.45, 7) is 5.81. The number of aromatic nitrogens is 2. The van der Waals surface area contributed by atoms with E-state index in [1.54, 1.807) is 0 Å². The molecule has 3 rings (SSSR count). The lowest BCUT2D eigenvalue weighted by Gasteiger charge is -2.19. The van der Waals surface area contributed by atoms with Gasteiger partial charge in [0.1, 0.15) is 16.5 Å². The highest BCUT2D eigenvalue weighted by Crippen LogP contribution is 2.29. The van der Waals surface area contributed by atoms with Crippen LogP contribution in [0.15, 0.2) is 29.4 Å². The fourth-order valence-electron chi connectivity index (χ4n) is 2.56. The van der Waals surface area contributed by atoms with E-state index in [4.69, 9.17) is 0 Å². The van der Waals surface area contributed by atoms with Crippen molar-refractivity contribution in [2.45, 2.75) is 43.9 Å². The highest BCUT2D eigenvalue weighted by Gasteiger charge is 2.25. The Bertz CT molecular complexity index is 967. The Kier molecular flexibility index (Phi) is 4.43. The minimum absolute atomic E-state index is 0.142. The third-order valence-corrected chi connectivity index (χ3v) is 5.31. The highest BCUT2D eigenvalue weighted by atomic mass is 32.2. The first kappa shape index (κ1) is 18.2. The second kappa shape index (κ2) is 6.31. The zero-order valence-electron chi connectivity index (χ0n) is 14.6. The average molecular weight is 378 g/mol. The van der Waals surface area contributed by atoms with Crippen LogP contribution in [0.2, 0.25) is 0 Å². The number of amides is 1. The summed E-state index contributed by atoms with van der Waals surface area (Å²) in [4.78, 5) is 19.2. The number of carbonyl (C=O) groups is 1. The maximum Gasteiger partial charge on any atom is 0.264 e. The standard InChI is InChI=1S/C17H19FN4O3S/c1-17(2,3)16-19-8-11(9-20-16)22-26(24,25)14-6-10-4-5-15(23)21-13(10)7-12(14)18/h6-9,22H,4-5H2,1-3H3,(H,21,23). The van der Waals surface area contributed by atoms with Crippen LogP contribution in [-0.4, -0.2) is 24.3 Å². The van der Waals surface area contributed by atoms with Crippen molar-refractivity contribution < 1.29 is 17.6 Å². The monoisotopic (exact) mass is 378 g/mol. The van der Waals surface area contributed by atoms with Gasteiger partial charge < -0.3 is 5.32 Å². The van der Waals surface area contributed by atoms with Crippen LogP contribution >= 0.6 is 0 Å². The van der Waals surface area contributed by atoms with Crippen molar-refractivity contribution in [3.05, 3.63) is 41.7 Å². The minimum atomic E-state index is -4.16. The molecule has 1 aromatic carbocycles. The predicted octanol–water partition coefficient (Wildman–Crippen LogP) is 2.60. The Labute approximate surface area is 151 Å². The van der Waals surface area contributed by atoms with E-state index in [2.05, 4.69) is 20.0 Å². The Morgan fingerprint density at radius 3 is 2.42 bits per heavy atom. The number of hydrogen-bond donors (Lipinski definition) is 2. The fourth-order valence-corrected chi connectivity index (χ4v) is 3.70. The molecular weight excluding hydrogens is 359 g/mol. The molecule has 0 bridgehead atoms. The molecule has 0 spiro atoms. The van der Waals surface area contributed by atoms with Gasteiger partial charge in [-0.25, -0.2) is 22.8 Å². The van der Waals surface area contributed by atoms with Gasteiger partial charge in [-0.15, -0.1) is 0 Å². The normalized spacial score (nSPS) is 14.5. The van der Waals surface area contributed by atoms with Crippen LogP contribution < -0.4 is 10.0 Å². The molecule has 0 fully saturated rings. The summed E-state index contributed by atoms with van der Waals surface area (Å²) < 4.78 is 41.7. The molecule has 1 aliphatic rings. The lowest BCUT2D eigenvalue weighted by atomic mass is 9.96. The second-order valence-electron chi connectivity index (χ2n) is 7.14. The number of fused-ring (bicyclic) bond motifs is 1. The molecule has 0 saturated carbocycles. The first-order valence-corrected chi connectivity index (χ1v) is 9.52. The van der Waals surface area contributed by atoms with Crippen molar-refractivity contribution in [3.8, 4) is 0 Å². The van der Waals surface area contributed by atoms with Gasteiger partial charge in [0.15, 0.2) is 0 Å². The highest BCUT2D eigenvalue weighted by molar-refractivity contribution is 7.92. The number of nitrogens with zero attached hydrogens (tertiary/aromatic N) is 2. The van der Waals surface area contributed by atoms with Gasteiger partial charge in [0.25, 0.3) is 10.0 Å². The van der Waals surface area contributed by atoms with Crippen LogP contribution in [0.1, 0.15) is 38.6 Å². The molecule has 0 unspecified atom stereocenters. The van der Waals surface area contributed by atoms with Gasteiger partial charge in [0.05, 0.1) is 18.1 Å². The van der Waals surface area contributed by atoms with Crippen molar-refractivity contribution in [1.82, 2.24) is 9.97 Å². The maximum atomic E-state index is 14.3. The molecule has 2 aromatic rings. The molecule has 1 amide bonds. The molecule has 0 atom stereocenters. The Balaban J connectivity index is 1.90. The fraction of sp³-hybridized carbons (Fsp3) is 0.353. The van der Waals surface area contributed by atoms with Crippen molar-refractivity contribution in [1.29, 1.82) is 0 Å². The molecular formula is C17H19FN4O3S. The van der Waals surface area contributed by atoms with E-state index in [9.17, 15) is 17.6 Å². The number of benzene rings is 1. The largest absolute Gasteiger partial charge is 0.326 e. The average Bonchev–Trinajstić information content (AvgIpc) is 2.53. The molecule has 2 N–H and O–H groups in total. The lowest BCUT2D eigenvalue weighted by molar-refractivity contribution is -0.116. The number of halogens is 1. The van der Waals surface area contributed by atoms with Crippen molar-refractivity contribution >= 4 is 27.3 Å². The van der Waals surface area contributed by atoms with E-state index >= 15 is 0 Å². The molecule has 9 heteroatoms. The summed E-state index contributed by atoms with van der Waals surface area (Å²) in [5, 5.41) is 2.54. The minimum Gasteiger partial charge on any atom is -0.326 e. The number of sulfonamides is 1. The summed E-state index contributed by atoms with van der Waals surface area (Å²) in [7, 11) is -4.16. The van der Waals surface area contributed by atoms with Crippen molar-refractivity contribution in [3.63, 3.8) is 0 Å². The van der Waals surface area contributed by atoms with Gasteiger partial charge in [-0.3, -0.25) is 9.52 Å². The van der Waals surface area contributed by atoms with E-state index in [-0.39, 0.29) is 23.4 Å². The molecule has 1 aliphatic heterocycles. The van der Waals surface area contributed by atoms with Gasteiger partial charge in [-0.05, 0) is 24.1 Å². The van der Waals surface area contributed by atoms with Crippen LogP contribution in [0.3, 0.4) is 0 Å². The molecule has 0 saturated heterocycles. The predicted molar refractivity (Wildman–Crippen MR) is 94.9 cm³/mol. The summed E-state index contributed by atoms with van der Waals surface area (Å²) in [5.41, 5.74) is 0.747. The smallest absolute Gasteiger partial charge is 0.264 e. The van der Waals surface area contributed by atoms with E-state index < -0.39 is 20.7 Å². The van der Waals surface area contributed by atoms with Gasteiger partial charge in [-0.1, -0.05) is 20.8 Å². The molecule has 1 aromatic heterocycles. The Morgan fingerprint density at radius 1 is 1.15 bits per heavy atom.